The normalized spacial score (nSPS) is 11.8. The summed E-state index contributed by atoms with van der Waals surface area (Å²) in [7, 11) is 0. The van der Waals surface area contributed by atoms with Crippen LogP contribution in [0.4, 0.5) is 0 Å². The summed E-state index contributed by atoms with van der Waals surface area (Å²) in [5.41, 5.74) is 2.44. The third-order valence-corrected chi connectivity index (χ3v) is 2.96. The van der Waals surface area contributed by atoms with Crippen LogP contribution in [0.2, 0.25) is 0 Å². The van der Waals surface area contributed by atoms with Gasteiger partial charge in [0.1, 0.15) is 0 Å². The summed E-state index contributed by atoms with van der Waals surface area (Å²) in [5.74, 6) is -0.732. The highest BCUT2D eigenvalue weighted by Crippen LogP contribution is 2.11. The van der Waals surface area contributed by atoms with Crippen LogP contribution in [0.25, 0.3) is 0 Å². The predicted octanol–water partition coefficient (Wildman–Crippen LogP) is 2.37. The van der Waals surface area contributed by atoms with E-state index in [9.17, 15) is 9.59 Å². The summed E-state index contributed by atoms with van der Waals surface area (Å²) in [6.07, 6.45) is 0.844. The smallest absolute Gasteiger partial charge is 0.338 e. The number of rotatable bonds is 5. The Kier molecular flexibility index (Phi) is 5.55. The molecule has 1 N–H and O–H groups in total. The third kappa shape index (κ3) is 4.73. The first-order chi connectivity index (χ1) is 8.93. The van der Waals surface area contributed by atoms with Crippen LogP contribution in [0.1, 0.15) is 41.8 Å². The van der Waals surface area contributed by atoms with E-state index >= 15 is 0 Å². The number of aryl methyl sites for hydroxylation is 2. The van der Waals surface area contributed by atoms with Crippen molar-refractivity contribution in [2.24, 2.45) is 0 Å². The Morgan fingerprint density at radius 3 is 2.58 bits per heavy atom. The van der Waals surface area contributed by atoms with Gasteiger partial charge in [0.25, 0.3) is 5.91 Å². The molecule has 0 aliphatic heterocycles. The molecule has 0 fully saturated rings. The molecule has 0 aliphatic carbocycles. The summed E-state index contributed by atoms with van der Waals surface area (Å²) in [6.45, 7) is 7.46. The molecule has 0 saturated heterocycles. The van der Waals surface area contributed by atoms with Gasteiger partial charge in [-0.2, -0.15) is 0 Å². The average molecular weight is 263 g/mol. The SMILES string of the molecule is CC[C@@H](C)NC(=O)COC(=O)c1ccc(C)cc1C. The first-order valence-electron chi connectivity index (χ1n) is 6.47. The monoisotopic (exact) mass is 263 g/mol. The van der Waals surface area contributed by atoms with Gasteiger partial charge in [-0.05, 0) is 38.8 Å². The van der Waals surface area contributed by atoms with Gasteiger partial charge in [-0.25, -0.2) is 4.79 Å². The van der Waals surface area contributed by atoms with Crippen LogP contribution in [0, 0.1) is 13.8 Å². The molecule has 4 nitrogen and oxygen atoms in total. The van der Waals surface area contributed by atoms with Crippen molar-refractivity contribution < 1.29 is 14.3 Å². The molecule has 19 heavy (non-hydrogen) atoms. The molecule has 104 valence electrons. The Hall–Kier alpha value is -1.84. The van der Waals surface area contributed by atoms with Gasteiger partial charge in [-0.3, -0.25) is 4.79 Å². The summed E-state index contributed by atoms with van der Waals surface area (Å²) in [5, 5.41) is 2.74. The molecule has 0 aliphatic rings. The minimum atomic E-state index is -0.461. The second-order valence-electron chi connectivity index (χ2n) is 4.77. The predicted molar refractivity (Wildman–Crippen MR) is 74.1 cm³/mol. The molecule has 0 heterocycles. The van der Waals surface area contributed by atoms with Crippen molar-refractivity contribution in [2.75, 3.05) is 6.61 Å². The van der Waals surface area contributed by atoms with Crippen molar-refractivity contribution in [3.05, 3.63) is 34.9 Å². The van der Waals surface area contributed by atoms with Gasteiger partial charge in [-0.15, -0.1) is 0 Å². The van der Waals surface area contributed by atoms with E-state index in [0.29, 0.717) is 5.56 Å². The molecular formula is C15H21NO3. The first kappa shape index (κ1) is 15.2. The zero-order valence-electron chi connectivity index (χ0n) is 11.9. The molecule has 0 radical (unpaired) electrons. The number of benzene rings is 1. The second-order valence-corrected chi connectivity index (χ2v) is 4.77. The number of carbonyl (C=O) groups excluding carboxylic acids is 2. The molecule has 0 spiro atoms. The standard InChI is InChI=1S/C15H21NO3/c1-5-12(4)16-14(17)9-19-15(18)13-7-6-10(2)8-11(13)3/h6-8,12H,5,9H2,1-4H3,(H,16,17)/t12-/m1/s1. The van der Waals surface area contributed by atoms with E-state index in [4.69, 9.17) is 4.74 Å². The highest BCUT2D eigenvalue weighted by molar-refractivity contribution is 5.92. The Labute approximate surface area is 114 Å². The van der Waals surface area contributed by atoms with Gasteiger partial charge in [0, 0.05) is 6.04 Å². The van der Waals surface area contributed by atoms with Crippen molar-refractivity contribution in [3.63, 3.8) is 0 Å². The van der Waals surface area contributed by atoms with E-state index in [1.54, 1.807) is 6.07 Å². The zero-order chi connectivity index (χ0) is 14.4. The van der Waals surface area contributed by atoms with E-state index in [-0.39, 0.29) is 18.6 Å². The van der Waals surface area contributed by atoms with Crippen LogP contribution in [-0.4, -0.2) is 24.5 Å². The molecule has 0 saturated carbocycles. The molecule has 1 amide bonds. The van der Waals surface area contributed by atoms with Crippen LogP contribution in [0.15, 0.2) is 18.2 Å². The minimum Gasteiger partial charge on any atom is -0.452 e. The maximum absolute atomic E-state index is 11.8. The second kappa shape index (κ2) is 6.92. The summed E-state index contributed by atoms with van der Waals surface area (Å²) in [4.78, 5) is 23.3. The van der Waals surface area contributed by atoms with E-state index in [1.165, 1.54) is 0 Å². The molecule has 0 unspecified atom stereocenters. The number of esters is 1. The van der Waals surface area contributed by atoms with Crippen molar-refractivity contribution in [1.29, 1.82) is 0 Å². The number of hydrogen-bond donors (Lipinski definition) is 1. The van der Waals surface area contributed by atoms with E-state index < -0.39 is 5.97 Å². The maximum atomic E-state index is 11.8. The Morgan fingerprint density at radius 1 is 1.32 bits per heavy atom. The fraction of sp³-hybridized carbons (Fsp3) is 0.467. The van der Waals surface area contributed by atoms with Gasteiger partial charge >= 0.3 is 5.97 Å². The lowest BCUT2D eigenvalue weighted by atomic mass is 10.1. The fourth-order valence-electron chi connectivity index (χ4n) is 1.67. The molecule has 0 bridgehead atoms. The topological polar surface area (TPSA) is 55.4 Å². The molecule has 4 heteroatoms. The minimum absolute atomic E-state index is 0.0901. The zero-order valence-corrected chi connectivity index (χ0v) is 11.9. The molecule has 1 aromatic rings. The number of ether oxygens (including phenoxy) is 1. The van der Waals surface area contributed by atoms with E-state index in [1.807, 2.05) is 39.8 Å². The first-order valence-corrected chi connectivity index (χ1v) is 6.47. The van der Waals surface area contributed by atoms with Crippen LogP contribution < -0.4 is 5.32 Å². The summed E-state index contributed by atoms with van der Waals surface area (Å²) >= 11 is 0. The molecule has 1 aromatic carbocycles. The number of hydrogen-bond acceptors (Lipinski definition) is 3. The van der Waals surface area contributed by atoms with Crippen molar-refractivity contribution in [1.82, 2.24) is 5.32 Å². The van der Waals surface area contributed by atoms with Crippen LogP contribution in [0.5, 0.6) is 0 Å². The van der Waals surface area contributed by atoms with Gasteiger partial charge < -0.3 is 10.1 Å². The van der Waals surface area contributed by atoms with Gasteiger partial charge in [0.15, 0.2) is 6.61 Å². The Balaban J connectivity index is 2.54. The quantitative estimate of drug-likeness (QED) is 0.830. The van der Waals surface area contributed by atoms with E-state index in [2.05, 4.69) is 5.32 Å². The lowest BCUT2D eigenvalue weighted by Gasteiger charge is -2.12. The van der Waals surface area contributed by atoms with Crippen molar-refractivity contribution in [3.8, 4) is 0 Å². The largest absolute Gasteiger partial charge is 0.452 e. The average Bonchev–Trinajstić information content (AvgIpc) is 2.35. The maximum Gasteiger partial charge on any atom is 0.338 e. The molecule has 1 atom stereocenters. The van der Waals surface area contributed by atoms with Crippen LogP contribution >= 0.6 is 0 Å². The third-order valence-electron chi connectivity index (χ3n) is 2.96. The van der Waals surface area contributed by atoms with Gasteiger partial charge in [0.2, 0.25) is 0 Å². The lowest BCUT2D eigenvalue weighted by Crippen LogP contribution is -2.35. The van der Waals surface area contributed by atoms with Crippen LogP contribution in [0.3, 0.4) is 0 Å². The Bertz CT molecular complexity index is 468. The summed E-state index contributed by atoms with van der Waals surface area (Å²) < 4.78 is 5.00. The highest BCUT2D eigenvalue weighted by atomic mass is 16.5. The lowest BCUT2D eigenvalue weighted by molar-refractivity contribution is -0.124. The van der Waals surface area contributed by atoms with Crippen molar-refractivity contribution in [2.45, 2.75) is 40.2 Å². The van der Waals surface area contributed by atoms with Gasteiger partial charge in [-0.1, -0.05) is 24.6 Å². The number of amides is 1. The molecular weight excluding hydrogens is 242 g/mol. The highest BCUT2D eigenvalue weighted by Gasteiger charge is 2.13. The van der Waals surface area contributed by atoms with Gasteiger partial charge in [0.05, 0.1) is 5.56 Å². The number of nitrogens with one attached hydrogen (secondary N) is 1. The molecule has 0 aromatic heterocycles. The fourth-order valence-corrected chi connectivity index (χ4v) is 1.67. The van der Waals surface area contributed by atoms with E-state index in [0.717, 1.165) is 17.5 Å². The summed E-state index contributed by atoms with van der Waals surface area (Å²) in [6, 6.07) is 5.57. The Morgan fingerprint density at radius 2 is 2.00 bits per heavy atom. The van der Waals surface area contributed by atoms with Crippen LogP contribution in [-0.2, 0) is 9.53 Å². The molecule has 1 rings (SSSR count). The van der Waals surface area contributed by atoms with Crippen molar-refractivity contribution >= 4 is 11.9 Å². The number of carbonyl (C=O) groups is 2.